The fraction of sp³-hybridized carbons (Fsp3) is 0.333. The summed E-state index contributed by atoms with van der Waals surface area (Å²) in [5, 5.41) is 3.38. The van der Waals surface area contributed by atoms with Crippen molar-refractivity contribution in [1.82, 2.24) is 5.32 Å². The summed E-state index contributed by atoms with van der Waals surface area (Å²) in [7, 11) is 0. The van der Waals surface area contributed by atoms with Gasteiger partial charge in [-0.1, -0.05) is 49.4 Å². The van der Waals surface area contributed by atoms with Crippen LogP contribution >= 0.6 is 0 Å². The molecule has 0 aromatic heterocycles. The van der Waals surface area contributed by atoms with Gasteiger partial charge in [0.1, 0.15) is 0 Å². The highest BCUT2D eigenvalue weighted by Crippen LogP contribution is 2.25. The zero-order chi connectivity index (χ0) is 13.8. The molecule has 0 bridgehead atoms. The van der Waals surface area contributed by atoms with E-state index in [1.165, 1.54) is 22.3 Å². The van der Waals surface area contributed by atoms with Gasteiger partial charge in [0.2, 0.25) is 0 Å². The molecule has 1 aliphatic rings. The highest BCUT2D eigenvalue weighted by molar-refractivity contribution is 5.64. The summed E-state index contributed by atoms with van der Waals surface area (Å²) in [5.74, 6) is 0. The number of aryl methyl sites for hydroxylation is 1. The highest BCUT2D eigenvalue weighted by atomic mass is 16.5. The Morgan fingerprint density at radius 3 is 2.65 bits per heavy atom. The van der Waals surface area contributed by atoms with Gasteiger partial charge in [0, 0.05) is 13.1 Å². The molecule has 104 valence electrons. The van der Waals surface area contributed by atoms with Gasteiger partial charge in [-0.3, -0.25) is 0 Å². The van der Waals surface area contributed by atoms with Gasteiger partial charge in [-0.25, -0.2) is 0 Å². The molecule has 1 heterocycles. The van der Waals surface area contributed by atoms with E-state index >= 15 is 0 Å². The molecular formula is C18H21NO. The Hall–Kier alpha value is -1.64. The maximum absolute atomic E-state index is 5.83. The van der Waals surface area contributed by atoms with Crippen molar-refractivity contribution in [2.24, 2.45) is 0 Å². The Balaban J connectivity index is 1.85. The summed E-state index contributed by atoms with van der Waals surface area (Å²) in [4.78, 5) is 0. The van der Waals surface area contributed by atoms with Crippen LogP contribution in [0.2, 0.25) is 0 Å². The first-order valence-electron chi connectivity index (χ1n) is 7.38. The summed E-state index contributed by atoms with van der Waals surface area (Å²) in [5.41, 5.74) is 5.17. The van der Waals surface area contributed by atoms with Crippen LogP contribution in [0.25, 0.3) is 11.1 Å². The highest BCUT2D eigenvalue weighted by Gasteiger charge is 2.15. The van der Waals surface area contributed by atoms with Gasteiger partial charge in [0.25, 0.3) is 0 Å². The Kier molecular flexibility index (Phi) is 4.14. The largest absolute Gasteiger partial charge is 0.371 e. The Morgan fingerprint density at radius 1 is 1.10 bits per heavy atom. The van der Waals surface area contributed by atoms with E-state index in [-0.39, 0.29) is 6.10 Å². The second kappa shape index (κ2) is 6.21. The summed E-state index contributed by atoms with van der Waals surface area (Å²) in [6.07, 6.45) is 1.26. The molecule has 0 amide bonds. The van der Waals surface area contributed by atoms with Crippen molar-refractivity contribution in [3.05, 3.63) is 59.7 Å². The lowest BCUT2D eigenvalue weighted by molar-refractivity contribution is 0.0277. The average Bonchev–Trinajstić information content (AvgIpc) is 2.56. The molecule has 3 rings (SSSR count). The fourth-order valence-corrected chi connectivity index (χ4v) is 2.63. The zero-order valence-corrected chi connectivity index (χ0v) is 11.9. The van der Waals surface area contributed by atoms with Crippen LogP contribution < -0.4 is 5.32 Å². The number of benzene rings is 2. The number of rotatable bonds is 3. The van der Waals surface area contributed by atoms with Crippen molar-refractivity contribution in [1.29, 1.82) is 0 Å². The first-order valence-corrected chi connectivity index (χ1v) is 7.38. The van der Waals surface area contributed by atoms with Crippen molar-refractivity contribution in [3.8, 4) is 11.1 Å². The second-order valence-corrected chi connectivity index (χ2v) is 5.24. The second-order valence-electron chi connectivity index (χ2n) is 5.24. The van der Waals surface area contributed by atoms with Crippen molar-refractivity contribution in [2.45, 2.75) is 19.4 Å². The van der Waals surface area contributed by atoms with E-state index in [0.717, 1.165) is 26.1 Å². The molecule has 1 atom stereocenters. The van der Waals surface area contributed by atoms with Crippen LogP contribution in [-0.4, -0.2) is 19.7 Å². The molecule has 1 saturated heterocycles. The van der Waals surface area contributed by atoms with Gasteiger partial charge in [0.15, 0.2) is 0 Å². The van der Waals surface area contributed by atoms with Gasteiger partial charge in [-0.2, -0.15) is 0 Å². The SMILES string of the molecule is CCc1ccc(-c2cccc(C3CNCCO3)c2)cc1. The third kappa shape index (κ3) is 2.92. The first-order chi connectivity index (χ1) is 9.86. The number of hydrogen-bond donors (Lipinski definition) is 1. The minimum absolute atomic E-state index is 0.179. The van der Waals surface area contributed by atoms with Crippen molar-refractivity contribution in [3.63, 3.8) is 0 Å². The molecule has 0 saturated carbocycles. The summed E-state index contributed by atoms with van der Waals surface area (Å²) in [6.45, 7) is 4.83. The van der Waals surface area contributed by atoms with Crippen molar-refractivity contribution >= 4 is 0 Å². The number of ether oxygens (including phenoxy) is 1. The molecule has 0 radical (unpaired) electrons. The van der Waals surface area contributed by atoms with Gasteiger partial charge in [0.05, 0.1) is 12.7 Å². The minimum Gasteiger partial charge on any atom is -0.371 e. The number of hydrogen-bond acceptors (Lipinski definition) is 2. The first kappa shape index (κ1) is 13.3. The Labute approximate surface area is 120 Å². The third-order valence-corrected chi connectivity index (χ3v) is 3.88. The van der Waals surface area contributed by atoms with Gasteiger partial charge >= 0.3 is 0 Å². The van der Waals surface area contributed by atoms with Gasteiger partial charge in [-0.05, 0) is 34.7 Å². The van der Waals surface area contributed by atoms with Gasteiger partial charge < -0.3 is 10.1 Å². The van der Waals surface area contributed by atoms with Crippen LogP contribution in [0.5, 0.6) is 0 Å². The standard InChI is InChI=1S/C18H21NO/c1-2-14-6-8-15(9-7-14)16-4-3-5-17(12-16)18-13-19-10-11-20-18/h3-9,12,18-19H,2,10-11,13H2,1H3. The van der Waals surface area contributed by atoms with Crippen LogP contribution in [0.4, 0.5) is 0 Å². The summed E-state index contributed by atoms with van der Waals surface area (Å²) >= 11 is 0. The van der Waals surface area contributed by atoms with Crippen LogP contribution in [0, 0.1) is 0 Å². The Morgan fingerprint density at radius 2 is 1.95 bits per heavy atom. The predicted molar refractivity (Wildman–Crippen MR) is 82.8 cm³/mol. The molecule has 1 unspecified atom stereocenters. The zero-order valence-electron chi connectivity index (χ0n) is 11.9. The van der Waals surface area contributed by atoms with E-state index in [2.05, 4.69) is 60.8 Å². The van der Waals surface area contributed by atoms with Crippen LogP contribution in [0.1, 0.15) is 24.2 Å². The van der Waals surface area contributed by atoms with E-state index in [1.54, 1.807) is 0 Å². The smallest absolute Gasteiger partial charge is 0.0950 e. The van der Waals surface area contributed by atoms with E-state index < -0.39 is 0 Å². The topological polar surface area (TPSA) is 21.3 Å². The third-order valence-electron chi connectivity index (χ3n) is 3.88. The maximum atomic E-state index is 5.83. The molecule has 2 nitrogen and oxygen atoms in total. The molecule has 1 N–H and O–H groups in total. The quantitative estimate of drug-likeness (QED) is 0.918. The molecule has 2 heteroatoms. The van der Waals surface area contributed by atoms with Crippen molar-refractivity contribution in [2.75, 3.05) is 19.7 Å². The average molecular weight is 267 g/mol. The fourth-order valence-electron chi connectivity index (χ4n) is 2.63. The van der Waals surface area contributed by atoms with Crippen molar-refractivity contribution < 1.29 is 4.74 Å². The normalized spacial score (nSPS) is 18.9. The molecule has 1 aliphatic heterocycles. The van der Waals surface area contributed by atoms with E-state index in [0.29, 0.717) is 0 Å². The van der Waals surface area contributed by atoms with Crippen LogP contribution in [0.3, 0.4) is 0 Å². The molecule has 2 aromatic rings. The monoisotopic (exact) mass is 267 g/mol. The molecule has 2 aromatic carbocycles. The number of morpholine rings is 1. The predicted octanol–water partition coefficient (Wildman–Crippen LogP) is 3.58. The van der Waals surface area contributed by atoms with Gasteiger partial charge in [-0.15, -0.1) is 0 Å². The molecule has 0 spiro atoms. The van der Waals surface area contributed by atoms with Crippen LogP contribution in [-0.2, 0) is 11.2 Å². The molecule has 1 fully saturated rings. The summed E-state index contributed by atoms with van der Waals surface area (Å²) < 4.78 is 5.83. The molecule has 0 aliphatic carbocycles. The lowest BCUT2D eigenvalue weighted by atomic mass is 9.99. The van der Waals surface area contributed by atoms with Crippen LogP contribution in [0.15, 0.2) is 48.5 Å². The maximum Gasteiger partial charge on any atom is 0.0950 e. The molecular weight excluding hydrogens is 246 g/mol. The minimum atomic E-state index is 0.179. The lowest BCUT2D eigenvalue weighted by Crippen LogP contribution is -2.33. The van der Waals surface area contributed by atoms with E-state index in [1.807, 2.05) is 0 Å². The Bertz CT molecular complexity index is 556. The lowest BCUT2D eigenvalue weighted by Gasteiger charge is -2.24. The van der Waals surface area contributed by atoms with E-state index in [4.69, 9.17) is 4.74 Å². The molecule has 20 heavy (non-hydrogen) atoms. The van der Waals surface area contributed by atoms with E-state index in [9.17, 15) is 0 Å². The summed E-state index contributed by atoms with van der Waals surface area (Å²) in [6, 6.07) is 17.5. The number of nitrogens with one attached hydrogen (secondary N) is 1.